The van der Waals surface area contributed by atoms with Crippen LogP contribution in [-0.2, 0) is 49.4 Å². The molecule has 0 amide bonds. The third-order valence-corrected chi connectivity index (χ3v) is 20.7. The van der Waals surface area contributed by atoms with Crippen molar-refractivity contribution in [3.05, 3.63) is 309 Å². The molecule has 10 rings (SSSR count). The monoisotopic (exact) mass is 1440 g/mol. The first kappa shape index (κ1) is 79.4. The van der Waals surface area contributed by atoms with Crippen LogP contribution in [0.5, 0.6) is 46.0 Å². The molecule has 0 saturated carbocycles. The standard InChI is InChI=1S/C94H108O13/c1-65-15-43-81(44-16-65)102-61-87(63-104-86-57-39-76(40-58-86)94(11,12)75-35-53-83(54-36-75)101-60-77(95)41-21-66-17-23-69(24-18-66)91(5,6)71-29-45-79(98-13)46-30-71)106-89(97)107-88(62-103-84-49-27-68(28-50-84)90(2,3)4)64-105-85-55-37-73(38-56-85)92(7,8)70-25-19-67(20-26-70)22-42-78(96)59-100-82-51-33-74(34-52-82)93(9,10)72-31-47-80(99-14)48-32-72/h15-20,23-40,43-58,77-78,87-88,95-96H,21-22,41-42,59-64H2,1-14H3. The Balaban J connectivity index is 0.713. The first-order valence-electron chi connectivity index (χ1n) is 37.2. The van der Waals surface area contributed by atoms with Crippen molar-refractivity contribution in [2.75, 3.05) is 53.9 Å². The summed E-state index contributed by atoms with van der Waals surface area (Å²) in [4.78, 5) is 14.1. The lowest BCUT2D eigenvalue weighted by atomic mass is 9.78. The third kappa shape index (κ3) is 22.0. The maximum atomic E-state index is 14.1. The predicted octanol–water partition coefficient (Wildman–Crippen LogP) is 19.9. The van der Waals surface area contributed by atoms with E-state index in [1.807, 2.05) is 140 Å². The number of methoxy groups -OCH3 is 2. The number of hydrogen-bond donors (Lipinski definition) is 2. The highest BCUT2D eigenvalue weighted by Gasteiger charge is 2.29. The van der Waals surface area contributed by atoms with E-state index in [9.17, 15) is 15.0 Å². The molecule has 0 aliphatic rings. The Bertz CT molecular complexity index is 4350. The van der Waals surface area contributed by atoms with Crippen LogP contribution in [0.1, 0.15) is 156 Å². The first-order chi connectivity index (χ1) is 51.1. The van der Waals surface area contributed by atoms with E-state index in [4.69, 9.17) is 47.4 Å². The fourth-order valence-electron chi connectivity index (χ4n) is 12.9. The van der Waals surface area contributed by atoms with Crippen LogP contribution < -0.4 is 37.9 Å². The van der Waals surface area contributed by atoms with Crippen molar-refractivity contribution in [3.8, 4) is 46.0 Å². The second-order valence-electron chi connectivity index (χ2n) is 31.0. The van der Waals surface area contributed by atoms with Crippen molar-refractivity contribution in [1.29, 1.82) is 0 Å². The average molecular weight is 1450 g/mol. The van der Waals surface area contributed by atoms with Crippen LogP contribution in [0, 0.1) is 6.92 Å². The summed E-state index contributed by atoms with van der Waals surface area (Å²) in [7, 11) is 3.35. The van der Waals surface area contributed by atoms with Crippen LogP contribution >= 0.6 is 0 Å². The van der Waals surface area contributed by atoms with Crippen molar-refractivity contribution < 1.29 is 62.4 Å². The molecule has 0 bridgehead atoms. The van der Waals surface area contributed by atoms with Gasteiger partial charge in [0.15, 0.2) is 12.2 Å². The molecule has 4 unspecified atom stereocenters. The minimum absolute atomic E-state index is 0.0170. The van der Waals surface area contributed by atoms with Crippen LogP contribution in [0.3, 0.4) is 0 Å². The summed E-state index contributed by atoms with van der Waals surface area (Å²) >= 11 is 0. The van der Waals surface area contributed by atoms with Gasteiger partial charge in [0.2, 0.25) is 0 Å². The van der Waals surface area contributed by atoms with Gasteiger partial charge in [-0.3, -0.25) is 0 Å². The lowest BCUT2D eigenvalue weighted by Crippen LogP contribution is -2.36. The summed E-state index contributed by atoms with van der Waals surface area (Å²) in [5, 5.41) is 21.9. The van der Waals surface area contributed by atoms with Crippen LogP contribution in [0.4, 0.5) is 4.79 Å². The molecule has 0 aromatic heterocycles. The lowest BCUT2D eigenvalue weighted by Gasteiger charge is -2.27. The number of ether oxygens (including phenoxy) is 10. The molecule has 107 heavy (non-hydrogen) atoms. The van der Waals surface area contributed by atoms with E-state index in [0.29, 0.717) is 48.0 Å². The van der Waals surface area contributed by atoms with Gasteiger partial charge in [0, 0.05) is 21.7 Å². The van der Waals surface area contributed by atoms with E-state index in [-0.39, 0.29) is 66.7 Å². The van der Waals surface area contributed by atoms with Crippen molar-refractivity contribution >= 4 is 6.16 Å². The maximum absolute atomic E-state index is 14.1. The molecule has 0 aliphatic carbocycles. The quantitative estimate of drug-likeness (QED) is 0.0359. The van der Waals surface area contributed by atoms with Gasteiger partial charge < -0.3 is 57.6 Å². The topological polar surface area (TPSA) is 150 Å². The van der Waals surface area contributed by atoms with Crippen molar-refractivity contribution in [2.45, 2.75) is 160 Å². The number of aliphatic hydroxyl groups is 2. The second kappa shape index (κ2) is 35.9. The third-order valence-electron chi connectivity index (χ3n) is 20.7. The highest BCUT2D eigenvalue weighted by Crippen LogP contribution is 2.38. The number of aryl methyl sites for hydroxylation is 3. The zero-order valence-corrected chi connectivity index (χ0v) is 64.9. The molecular formula is C94H108O13. The number of rotatable bonds is 36. The van der Waals surface area contributed by atoms with E-state index in [0.717, 1.165) is 73.7 Å². The normalized spacial score (nSPS) is 13.1. The first-order valence-corrected chi connectivity index (χ1v) is 37.2. The van der Waals surface area contributed by atoms with Gasteiger partial charge >= 0.3 is 6.16 Å². The summed E-state index contributed by atoms with van der Waals surface area (Å²) < 4.78 is 60.2. The average Bonchev–Trinajstić information content (AvgIpc) is 0.817. The van der Waals surface area contributed by atoms with E-state index in [1.54, 1.807) is 14.2 Å². The predicted molar refractivity (Wildman–Crippen MR) is 426 cm³/mol. The van der Waals surface area contributed by atoms with Gasteiger partial charge in [-0.15, -0.1) is 0 Å². The van der Waals surface area contributed by atoms with E-state index in [1.165, 1.54) is 16.7 Å². The molecule has 0 aliphatic heterocycles. The van der Waals surface area contributed by atoms with Gasteiger partial charge in [0.05, 0.1) is 26.4 Å². The largest absolute Gasteiger partial charge is 0.509 e. The Hall–Kier alpha value is -10.2. The summed E-state index contributed by atoms with van der Waals surface area (Å²) in [6, 6.07) is 81.2. The Kier molecular flexibility index (Phi) is 26.6. The molecule has 0 spiro atoms. The van der Waals surface area contributed by atoms with Gasteiger partial charge in [-0.1, -0.05) is 227 Å². The Labute approximate surface area is 634 Å². The SMILES string of the molecule is COc1ccc(C(C)(C)c2ccc(CCC(O)COc3ccc(C(C)(C)c4ccc(OCC(COc5ccc(C)cc5)OC(=O)OC(COc5ccc(C(C)(C)C)cc5)COc5ccc(C(C)(C)c6ccc(CCC(O)COc7ccc(C(C)(C)c8ccc(OC)cc8)cc7)cc6)cc5)cc4)cc3)cc2)cc1. The summed E-state index contributed by atoms with van der Waals surface area (Å²) in [6.07, 6.45) is -1.40. The fraction of sp³-hybridized carbons (Fsp3) is 0.351. The summed E-state index contributed by atoms with van der Waals surface area (Å²) in [6.45, 7) is 26.3. The minimum atomic E-state index is -0.934. The molecule has 10 aromatic carbocycles. The Morgan fingerprint density at radius 2 is 0.495 bits per heavy atom. The molecule has 10 aromatic rings. The number of aliphatic hydroxyl groups excluding tert-OH is 2. The molecule has 4 atom stereocenters. The van der Waals surface area contributed by atoms with Crippen LogP contribution in [-0.4, -0.2) is 94.6 Å². The summed E-state index contributed by atoms with van der Waals surface area (Å²) in [5.41, 5.74) is 12.5. The van der Waals surface area contributed by atoms with Crippen molar-refractivity contribution in [2.24, 2.45) is 0 Å². The molecule has 0 heterocycles. The molecule has 0 fully saturated rings. The Morgan fingerprint density at radius 1 is 0.290 bits per heavy atom. The summed E-state index contributed by atoms with van der Waals surface area (Å²) in [5.74, 6) is 5.47. The van der Waals surface area contributed by atoms with E-state index in [2.05, 4.69) is 185 Å². The van der Waals surface area contributed by atoms with E-state index < -0.39 is 30.6 Å². The van der Waals surface area contributed by atoms with Gasteiger partial charge in [0.25, 0.3) is 0 Å². The number of carbonyl (C=O) groups excluding carboxylic acids is 1. The van der Waals surface area contributed by atoms with Crippen molar-refractivity contribution in [3.63, 3.8) is 0 Å². The fourth-order valence-corrected chi connectivity index (χ4v) is 12.9. The van der Waals surface area contributed by atoms with Crippen LogP contribution in [0.15, 0.2) is 243 Å². The maximum Gasteiger partial charge on any atom is 0.509 e. The molecule has 13 heteroatoms. The minimum Gasteiger partial charge on any atom is -0.497 e. The van der Waals surface area contributed by atoms with Gasteiger partial charge in [-0.25, -0.2) is 4.79 Å². The van der Waals surface area contributed by atoms with Gasteiger partial charge in [0.1, 0.15) is 85.6 Å². The molecule has 562 valence electrons. The van der Waals surface area contributed by atoms with Crippen molar-refractivity contribution in [1.82, 2.24) is 0 Å². The second-order valence-corrected chi connectivity index (χ2v) is 31.0. The number of carbonyl (C=O) groups is 1. The highest BCUT2D eigenvalue weighted by molar-refractivity contribution is 5.60. The van der Waals surface area contributed by atoms with Crippen LogP contribution in [0.25, 0.3) is 0 Å². The highest BCUT2D eigenvalue weighted by atomic mass is 16.7. The molecule has 2 N–H and O–H groups in total. The zero-order valence-electron chi connectivity index (χ0n) is 64.9. The Morgan fingerprint density at radius 3 is 0.729 bits per heavy atom. The molecule has 0 radical (unpaired) electrons. The van der Waals surface area contributed by atoms with E-state index >= 15 is 0 Å². The van der Waals surface area contributed by atoms with Crippen LogP contribution in [0.2, 0.25) is 0 Å². The van der Waals surface area contributed by atoms with Gasteiger partial charge in [-0.2, -0.15) is 0 Å². The molecule has 0 saturated heterocycles. The number of benzene rings is 10. The number of hydrogen-bond acceptors (Lipinski definition) is 13. The zero-order chi connectivity index (χ0) is 76.4. The lowest BCUT2D eigenvalue weighted by molar-refractivity contribution is -0.0436. The smallest absolute Gasteiger partial charge is 0.497 e. The molecule has 13 nitrogen and oxygen atoms in total. The molecular weight excluding hydrogens is 1340 g/mol. The van der Waals surface area contributed by atoms with Gasteiger partial charge in [-0.05, 0) is 196 Å².